The molecule has 1 aliphatic rings. The third-order valence-electron chi connectivity index (χ3n) is 3.94. The zero-order valence-electron chi connectivity index (χ0n) is 12.6. The molecule has 0 aromatic heterocycles. The van der Waals surface area contributed by atoms with Gasteiger partial charge in [-0.3, -0.25) is 0 Å². The molecule has 2 atom stereocenters. The van der Waals surface area contributed by atoms with Crippen molar-refractivity contribution in [1.29, 1.82) is 0 Å². The molecule has 0 spiro atoms. The van der Waals surface area contributed by atoms with Crippen LogP contribution >= 0.6 is 10.7 Å². The molecular weight excluding hydrogens is 312 g/mol. The quantitative estimate of drug-likeness (QED) is 0.791. The van der Waals surface area contributed by atoms with E-state index in [0.717, 1.165) is 37.0 Å². The lowest BCUT2D eigenvalue weighted by atomic mass is 9.95. The van der Waals surface area contributed by atoms with Crippen LogP contribution < -0.4 is 4.74 Å². The number of hydrogen-bond acceptors (Lipinski definition) is 4. The van der Waals surface area contributed by atoms with Crippen molar-refractivity contribution >= 4 is 19.7 Å². The standard InChI is InChI=1S/C15H21ClO4S/c1-10-8-15(21(16,17)18)11(2)7-14(10)20-13-6-4-5-12(9-13)19-3/h7-8,12-13H,4-6,9H2,1-3H3. The Kier molecular flexibility index (Phi) is 5.17. The fourth-order valence-electron chi connectivity index (χ4n) is 2.76. The molecule has 0 aliphatic heterocycles. The maximum atomic E-state index is 11.5. The lowest BCUT2D eigenvalue weighted by molar-refractivity contribution is 0.0207. The van der Waals surface area contributed by atoms with Crippen LogP contribution in [-0.4, -0.2) is 27.7 Å². The van der Waals surface area contributed by atoms with E-state index in [1.54, 1.807) is 26.2 Å². The van der Waals surface area contributed by atoms with E-state index in [-0.39, 0.29) is 17.1 Å². The Morgan fingerprint density at radius 1 is 1.14 bits per heavy atom. The summed E-state index contributed by atoms with van der Waals surface area (Å²) in [7, 11) is 3.44. The Balaban J connectivity index is 2.20. The molecule has 2 rings (SSSR count). The van der Waals surface area contributed by atoms with Gasteiger partial charge >= 0.3 is 0 Å². The third-order valence-corrected chi connectivity index (χ3v) is 5.40. The molecular formula is C15H21ClO4S. The van der Waals surface area contributed by atoms with Gasteiger partial charge in [-0.2, -0.15) is 0 Å². The highest BCUT2D eigenvalue weighted by atomic mass is 35.7. The van der Waals surface area contributed by atoms with Gasteiger partial charge in [-0.1, -0.05) is 0 Å². The highest BCUT2D eigenvalue weighted by molar-refractivity contribution is 8.13. The number of methoxy groups -OCH3 is 1. The SMILES string of the molecule is COC1CCCC(Oc2cc(C)c(S(=O)(=O)Cl)cc2C)C1. The fourth-order valence-corrected chi connectivity index (χ4v) is 4.02. The monoisotopic (exact) mass is 332 g/mol. The van der Waals surface area contributed by atoms with Gasteiger partial charge in [-0.25, -0.2) is 8.42 Å². The number of hydrogen-bond donors (Lipinski definition) is 0. The van der Waals surface area contributed by atoms with E-state index in [2.05, 4.69) is 0 Å². The summed E-state index contributed by atoms with van der Waals surface area (Å²) in [6, 6.07) is 3.32. The highest BCUT2D eigenvalue weighted by Crippen LogP contribution is 2.31. The van der Waals surface area contributed by atoms with Gasteiger partial charge in [0.15, 0.2) is 0 Å². The molecule has 1 fully saturated rings. The smallest absolute Gasteiger partial charge is 0.261 e. The highest BCUT2D eigenvalue weighted by Gasteiger charge is 2.24. The second-order valence-electron chi connectivity index (χ2n) is 5.59. The molecule has 0 N–H and O–H groups in total. The van der Waals surface area contributed by atoms with E-state index >= 15 is 0 Å². The summed E-state index contributed by atoms with van der Waals surface area (Å²) in [5.74, 6) is 0.721. The molecule has 0 radical (unpaired) electrons. The number of ether oxygens (including phenoxy) is 2. The van der Waals surface area contributed by atoms with Gasteiger partial charge in [-0.15, -0.1) is 0 Å². The molecule has 0 bridgehead atoms. The zero-order chi connectivity index (χ0) is 15.6. The second-order valence-corrected chi connectivity index (χ2v) is 8.12. The van der Waals surface area contributed by atoms with E-state index in [4.69, 9.17) is 20.2 Å². The van der Waals surface area contributed by atoms with Crippen LogP contribution in [-0.2, 0) is 13.8 Å². The van der Waals surface area contributed by atoms with Crippen LogP contribution in [0.1, 0.15) is 36.8 Å². The summed E-state index contributed by atoms with van der Waals surface area (Å²) < 4.78 is 34.4. The predicted octanol–water partition coefficient (Wildman–Crippen LogP) is 3.57. The maximum absolute atomic E-state index is 11.5. The average molecular weight is 333 g/mol. The van der Waals surface area contributed by atoms with Crippen molar-refractivity contribution in [3.63, 3.8) is 0 Å². The van der Waals surface area contributed by atoms with Gasteiger partial charge in [0.05, 0.1) is 11.0 Å². The van der Waals surface area contributed by atoms with Crippen molar-refractivity contribution in [2.45, 2.75) is 56.6 Å². The Bertz CT molecular complexity index is 612. The molecule has 2 unspecified atom stereocenters. The molecule has 21 heavy (non-hydrogen) atoms. The summed E-state index contributed by atoms with van der Waals surface area (Å²) >= 11 is 0. The van der Waals surface area contributed by atoms with Crippen molar-refractivity contribution in [2.75, 3.05) is 7.11 Å². The summed E-state index contributed by atoms with van der Waals surface area (Å²) in [6.07, 6.45) is 4.36. The van der Waals surface area contributed by atoms with Gasteiger partial charge in [0, 0.05) is 24.2 Å². The van der Waals surface area contributed by atoms with Crippen LogP contribution in [0.3, 0.4) is 0 Å². The van der Waals surface area contributed by atoms with Crippen LogP contribution in [0.15, 0.2) is 17.0 Å². The fraction of sp³-hybridized carbons (Fsp3) is 0.600. The van der Waals surface area contributed by atoms with Crippen molar-refractivity contribution in [3.05, 3.63) is 23.3 Å². The van der Waals surface area contributed by atoms with Crippen LogP contribution in [0, 0.1) is 13.8 Å². The Labute approximate surface area is 130 Å². The minimum atomic E-state index is -3.72. The number of aryl methyl sites for hydroxylation is 2. The van der Waals surface area contributed by atoms with Crippen molar-refractivity contribution in [2.24, 2.45) is 0 Å². The normalized spacial score (nSPS) is 23.0. The summed E-state index contributed by atoms with van der Waals surface area (Å²) in [6.45, 7) is 3.55. The summed E-state index contributed by atoms with van der Waals surface area (Å²) in [5.41, 5.74) is 1.38. The molecule has 6 heteroatoms. The van der Waals surface area contributed by atoms with E-state index < -0.39 is 9.05 Å². The third kappa shape index (κ3) is 4.11. The van der Waals surface area contributed by atoms with E-state index in [1.165, 1.54) is 0 Å². The molecule has 0 saturated heterocycles. The summed E-state index contributed by atoms with van der Waals surface area (Å²) in [4.78, 5) is 0.146. The molecule has 1 aromatic rings. The first-order valence-electron chi connectivity index (χ1n) is 7.06. The molecule has 118 valence electrons. The lowest BCUT2D eigenvalue weighted by Gasteiger charge is -2.29. The molecule has 1 saturated carbocycles. The minimum Gasteiger partial charge on any atom is -0.490 e. The molecule has 1 aromatic carbocycles. The van der Waals surface area contributed by atoms with Gasteiger partial charge in [0.1, 0.15) is 11.9 Å². The Morgan fingerprint density at radius 3 is 2.43 bits per heavy atom. The van der Waals surface area contributed by atoms with Gasteiger partial charge in [-0.05, 0) is 56.4 Å². The first-order valence-corrected chi connectivity index (χ1v) is 9.37. The molecule has 4 nitrogen and oxygen atoms in total. The molecule has 0 heterocycles. The van der Waals surface area contributed by atoms with E-state index in [0.29, 0.717) is 5.56 Å². The van der Waals surface area contributed by atoms with Gasteiger partial charge < -0.3 is 9.47 Å². The number of halogens is 1. The van der Waals surface area contributed by atoms with Gasteiger partial charge in [0.2, 0.25) is 0 Å². The predicted molar refractivity (Wildman–Crippen MR) is 82.6 cm³/mol. The van der Waals surface area contributed by atoms with E-state index in [1.807, 2.05) is 6.92 Å². The topological polar surface area (TPSA) is 52.6 Å². The van der Waals surface area contributed by atoms with Crippen LogP contribution in [0.4, 0.5) is 0 Å². The van der Waals surface area contributed by atoms with Crippen molar-refractivity contribution in [1.82, 2.24) is 0 Å². The van der Waals surface area contributed by atoms with Crippen LogP contribution in [0.25, 0.3) is 0 Å². The molecule has 0 amide bonds. The average Bonchev–Trinajstić information content (AvgIpc) is 2.41. The van der Waals surface area contributed by atoms with Crippen molar-refractivity contribution < 1.29 is 17.9 Å². The van der Waals surface area contributed by atoms with Crippen LogP contribution in [0.5, 0.6) is 5.75 Å². The largest absolute Gasteiger partial charge is 0.490 e. The number of benzene rings is 1. The first-order chi connectivity index (χ1) is 9.81. The Hall–Kier alpha value is -0.780. The van der Waals surface area contributed by atoms with Gasteiger partial charge in [0.25, 0.3) is 9.05 Å². The van der Waals surface area contributed by atoms with Crippen molar-refractivity contribution in [3.8, 4) is 5.75 Å². The lowest BCUT2D eigenvalue weighted by Crippen LogP contribution is -2.29. The van der Waals surface area contributed by atoms with Crippen LogP contribution in [0.2, 0.25) is 0 Å². The number of rotatable bonds is 4. The zero-order valence-corrected chi connectivity index (χ0v) is 14.1. The van der Waals surface area contributed by atoms with E-state index in [9.17, 15) is 8.42 Å². The maximum Gasteiger partial charge on any atom is 0.261 e. The molecule has 1 aliphatic carbocycles. The first kappa shape index (κ1) is 16.6. The summed E-state index contributed by atoms with van der Waals surface area (Å²) in [5, 5.41) is 0. The Morgan fingerprint density at radius 2 is 1.81 bits per heavy atom. The minimum absolute atomic E-state index is 0.111. The second kappa shape index (κ2) is 6.55.